The standard InChI is InChI=1S/C28H27ClF3NO3/c1-3-5-9-26(36-22-16-12-19(23(29)18-22)13-17-27(34)35-4-2)25-8-6-7-24(33-25)20-10-14-21(15-11-20)28(30,31)32/h6-8,10-18,26H,3-5,9H2,1-2H3/b17-13+/t26-/m1/s1. The summed E-state index contributed by atoms with van der Waals surface area (Å²) in [4.78, 5) is 16.2. The molecular formula is C28H27ClF3NO3. The molecule has 0 aliphatic heterocycles. The van der Waals surface area contributed by atoms with Gasteiger partial charge in [0.25, 0.3) is 0 Å². The highest BCUT2D eigenvalue weighted by atomic mass is 35.5. The van der Waals surface area contributed by atoms with Crippen LogP contribution >= 0.6 is 11.6 Å². The van der Waals surface area contributed by atoms with Crippen LogP contribution in [0, 0.1) is 0 Å². The first kappa shape index (κ1) is 27.3. The Morgan fingerprint density at radius 1 is 1.08 bits per heavy atom. The predicted molar refractivity (Wildman–Crippen MR) is 135 cm³/mol. The minimum absolute atomic E-state index is 0.289. The number of pyridine rings is 1. The van der Waals surface area contributed by atoms with Crippen LogP contribution in [0.4, 0.5) is 13.2 Å². The Balaban J connectivity index is 1.82. The Morgan fingerprint density at radius 2 is 1.83 bits per heavy atom. The zero-order valence-corrected chi connectivity index (χ0v) is 20.8. The third kappa shape index (κ3) is 7.59. The number of rotatable bonds is 10. The second kappa shape index (κ2) is 12.6. The van der Waals surface area contributed by atoms with Gasteiger partial charge >= 0.3 is 12.1 Å². The topological polar surface area (TPSA) is 48.4 Å². The summed E-state index contributed by atoms with van der Waals surface area (Å²) in [7, 11) is 0. The van der Waals surface area contributed by atoms with Crippen LogP contribution in [0.25, 0.3) is 17.3 Å². The number of hydrogen-bond acceptors (Lipinski definition) is 4. The molecule has 3 rings (SSSR count). The highest BCUT2D eigenvalue weighted by Gasteiger charge is 2.30. The van der Waals surface area contributed by atoms with Gasteiger partial charge in [-0.3, -0.25) is 0 Å². The van der Waals surface area contributed by atoms with E-state index in [-0.39, 0.29) is 12.7 Å². The molecule has 1 aromatic heterocycles. The van der Waals surface area contributed by atoms with E-state index in [1.807, 2.05) is 12.1 Å². The summed E-state index contributed by atoms with van der Waals surface area (Å²) in [6, 6.07) is 15.5. The van der Waals surface area contributed by atoms with E-state index in [2.05, 4.69) is 11.9 Å². The number of unbranched alkanes of at least 4 members (excludes halogenated alkanes) is 1. The molecule has 0 amide bonds. The predicted octanol–water partition coefficient (Wildman–Crippen LogP) is 8.31. The van der Waals surface area contributed by atoms with E-state index < -0.39 is 17.7 Å². The van der Waals surface area contributed by atoms with Crippen molar-refractivity contribution in [1.82, 2.24) is 4.98 Å². The van der Waals surface area contributed by atoms with Crippen molar-refractivity contribution in [1.29, 1.82) is 0 Å². The van der Waals surface area contributed by atoms with Crippen LogP contribution in [-0.4, -0.2) is 17.6 Å². The highest BCUT2D eigenvalue weighted by Crippen LogP contribution is 2.32. The van der Waals surface area contributed by atoms with Gasteiger partial charge in [-0.15, -0.1) is 0 Å². The Morgan fingerprint density at radius 3 is 2.47 bits per heavy atom. The molecule has 0 unspecified atom stereocenters. The summed E-state index contributed by atoms with van der Waals surface area (Å²) >= 11 is 6.39. The van der Waals surface area contributed by atoms with E-state index in [4.69, 9.17) is 21.1 Å². The van der Waals surface area contributed by atoms with Gasteiger partial charge in [0, 0.05) is 11.6 Å². The van der Waals surface area contributed by atoms with Gasteiger partial charge in [0.05, 0.1) is 28.6 Å². The summed E-state index contributed by atoms with van der Waals surface area (Å²) in [6.07, 6.45) is 0.665. The fraction of sp³-hybridized carbons (Fsp3) is 0.286. The number of halogens is 4. The van der Waals surface area contributed by atoms with Gasteiger partial charge in [-0.05, 0) is 73.9 Å². The van der Waals surface area contributed by atoms with Crippen LogP contribution in [0.5, 0.6) is 5.75 Å². The molecule has 0 saturated carbocycles. The molecule has 0 N–H and O–H groups in total. The van der Waals surface area contributed by atoms with Crippen LogP contribution in [0.1, 0.15) is 56.0 Å². The molecule has 190 valence electrons. The molecule has 1 heterocycles. The van der Waals surface area contributed by atoms with E-state index in [0.717, 1.165) is 25.0 Å². The minimum Gasteiger partial charge on any atom is -0.484 e. The molecule has 0 aliphatic carbocycles. The summed E-state index contributed by atoms with van der Waals surface area (Å²) in [5.74, 6) is 0.0867. The van der Waals surface area contributed by atoms with Gasteiger partial charge in [-0.25, -0.2) is 9.78 Å². The lowest BCUT2D eigenvalue weighted by molar-refractivity contribution is -0.138. The number of hydrogen-bond donors (Lipinski definition) is 0. The maximum absolute atomic E-state index is 12.9. The van der Waals surface area contributed by atoms with Crippen molar-refractivity contribution in [2.24, 2.45) is 0 Å². The third-order valence-electron chi connectivity index (χ3n) is 5.36. The smallest absolute Gasteiger partial charge is 0.416 e. The fourth-order valence-electron chi connectivity index (χ4n) is 3.51. The van der Waals surface area contributed by atoms with Gasteiger partial charge in [-0.1, -0.05) is 43.1 Å². The maximum atomic E-state index is 12.9. The number of carbonyl (C=O) groups is 1. The molecule has 8 heteroatoms. The molecule has 4 nitrogen and oxygen atoms in total. The first-order valence-electron chi connectivity index (χ1n) is 11.7. The first-order chi connectivity index (χ1) is 17.2. The van der Waals surface area contributed by atoms with E-state index >= 15 is 0 Å². The summed E-state index contributed by atoms with van der Waals surface area (Å²) in [5.41, 5.74) is 1.75. The molecule has 0 spiro atoms. The number of esters is 1. The molecule has 3 aromatic rings. The first-order valence-corrected chi connectivity index (χ1v) is 12.0. The van der Waals surface area contributed by atoms with E-state index in [9.17, 15) is 18.0 Å². The average Bonchev–Trinajstić information content (AvgIpc) is 2.86. The number of aromatic nitrogens is 1. The van der Waals surface area contributed by atoms with Crippen molar-refractivity contribution in [2.45, 2.75) is 45.4 Å². The second-order valence-electron chi connectivity index (χ2n) is 8.04. The summed E-state index contributed by atoms with van der Waals surface area (Å²) in [5, 5.41) is 0.411. The molecule has 0 saturated heterocycles. The van der Waals surface area contributed by atoms with Crippen molar-refractivity contribution in [2.75, 3.05) is 6.61 Å². The van der Waals surface area contributed by atoms with Crippen LogP contribution in [0.3, 0.4) is 0 Å². The third-order valence-corrected chi connectivity index (χ3v) is 5.69. The number of carbonyl (C=O) groups excluding carboxylic acids is 1. The monoisotopic (exact) mass is 517 g/mol. The molecule has 0 fully saturated rings. The fourth-order valence-corrected chi connectivity index (χ4v) is 3.74. The minimum atomic E-state index is -4.39. The van der Waals surface area contributed by atoms with E-state index in [0.29, 0.717) is 39.7 Å². The van der Waals surface area contributed by atoms with E-state index in [1.54, 1.807) is 37.3 Å². The van der Waals surface area contributed by atoms with Gasteiger partial charge < -0.3 is 9.47 Å². The van der Waals surface area contributed by atoms with Gasteiger partial charge in [0.1, 0.15) is 11.9 Å². The average molecular weight is 518 g/mol. The maximum Gasteiger partial charge on any atom is 0.416 e. The molecular weight excluding hydrogens is 491 g/mol. The Kier molecular flexibility index (Phi) is 9.53. The highest BCUT2D eigenvalue weighted by molar-refractivity contribution is 6.32. The molecule has 1 atom stereocenters. The lowest BCUT2D eigenvalue weighted by Crippen LogP contribution is -2.10. The Hall–Kier alpha value is -3.32. The van der Waals surface area contributed by atoms with Crippen molar-refractivity contribution >= 4 is 23.6 Å². The molecule has 0 bridgehead atoms. The number of nitrogens with zero attached hydrogens (tertiary/aromatic N) is 1. The number of benzene rings is 2. The van der Waals surface area contributed by atoms with Gasteiger partial charge in [-0.2, -0.15) is 13.2 Å². The second-order valence-corrected chi connectivity index (χ2v) is 8.45. The SMILES string of the molecule is CCCC[C@@H](Oc1ccc(/C=C/C(=O)OCC)c(Cl)c1)c1cccc(-c2ccc(C(F)(F)F)cc2)n1. The largest absolute Gasteiger partial charge is 0.484 e. The van der Waals surface area contributed by atoms with Crippen LogP contribution in [-0.2, 0) is 15.7 Å². The number of ether oxygens (including phenoxy) is 2. The number of alkyl halides is 3. The quantitative estimate of drug-likeness (QED) is 0.200. The zero-order chi connectivity index (χ0) is 26.1. The molecule has 36 heavy (non-hydrogen) atoms. The van der Waals surface area contributed by atoms with Crippen molar-refractivity contribution in [3.05, 3.63) is 88.6 Å². The lowest BCUT2D eigenvalue weighted by atomic mass is 10.1. The molecule has 2 aromatic carbocycles. The Bertz CT molecular complexity index is 1190. The van der Waals surface area contributed by atoms with Crippen LogP contribution in [0.2, 0.25) is 5.02 Å². The van der Waals surface area contributed by atoms with Gasteiger partial charge in [0.2, 0.25) is 0 Å². The normalized spacial score (nSPS) is 12.5. The summed E-state index contributed by atoms with van der Waals surface area (Å²) in [6.45, 7) is 4.09. The van der Waals surface area contributed by atoms with Crippen LogP contribution < -0.4 is 4.74 Å². The molecule has 0 radical (unpaired) electrons. The van der Waals surface area contributed by atoms with Crippen molar-refractivity contribution in [3.63, 3.8) is 0 Å². The van der Waals surface area contributed by atoms with Crippen LogP contribution in [0.15, 0.2) is 66.7 Å². The zero-order valence-electron chi connectivity index (χ0n) is 20.0. The lowest BCUT2D eigenvalue weighted by Gasteiger charge is -2.20. The van der Waals surface area contributed by atoms with Crippen molar-refractivity contribution in [3.8, 4) is 17.0 Å². The van der Waals surface area contributed by atoms with Crippen molar-refractivity contribution < 1.29 is 27.4 Å². The van der Waals surface area contributed by atoms with E-state index in [1.165, 1.54) is 18.2 Å². The van der Waals surface area contributed by atoms with Gasteiger partial charge in [0.15, 0.2) is 0 Å². The molecule has 0 aliphatic rings. The Labute approximate surface area is 213 Å². The summed E-state index contributed by atoms with van der Waals surface area (Å²) < 4.78 is 49.9.